The van der Waals surface area contributed by atoms with Gasteiger partial charge in [-0.15, -0.1) is 10.2 Å². The van der Waals surface area contributed by atoms with Crippen LogP contribution in [0.15, 0.2) is 6.33 Å². The van der Waals surface area contributed by atoms with Crippen LogP contribution >= 0.6 is 0 Å². The van der Waals surface area contributed by atoms with Crippen molar-refractivity contribution in [1.82, 2.24) is 25.0 Å². The van der Waals surface area contributed by atoms with Gasteiger partial charge in [-0.25, -0.2) is 0 Å². The van der Waals surface area contributed by atoms with E-state index in [0.717, 1.165) is 44.6 Å². The first kappa shape index (κ1) is 12.1. The van der Waals surface area contributed by atoms with Crippen LogP contribution < -0.4 is 5.32 Å². The van der Waals surface area contributed by atoms with Crippen molar-refractivity contribution in [2.75, 3.05) is 19.6 Å². The van der Waals surface area contributed by atoms with Gasteiger partial charge in [-0.05, 0) is 18.3 Å². The zero-order valence-electron chi connectivity index (χ0n) is 11.4. The van der Waals surface area contributed by atoms with Gasteiger partial charge in [0.15, 0.2) is 0 Å². The van der Waals surface area contributed by atoms with Crippen molar-refractivity contribution in [3.8, 4) is 0 Å². The molecule has 0 atom stereocenters. The van der Waals surface area contributed by atoms with E-state index in [9.17, 15) is 0 Å². The number of hydrogen-bond acceptors (Lipinski definition) is 4. The van der Waals surface area contributed by atoms with Crippen LogP contribution in [0.2, 0.25) is 0 Å². The minimum Gasteiger partial charge on any atom is -0.315 e. The summed E-state index contributed by atoms with van der Waals surface area (Å²) in [6.07, 6.45) is 4.57. The molecule has 1 N–H and O–H groups in total. The molecular weight excluding hydrogens is 226 g/mol. The van der Waals surface area contributed by atoms with E-state index in [2.05, 4.69) is 38.8 Å². The molecule has 0 bridgehead atoms. The summed E-state index contributed by atoms with van der Waals surface area (Å²) >= 11 is 0. The van der Waals surface area contributed by atoms with Gasteiger partial charge in [-0.1, -0.05) is 13.8 Å². The topological polar surface area (TPSA) is 46.0 Å². The second-order valence-corrected chi connectivity index (χ2v) is 6.47. The van der Waals surface area contributed by atoms with Crippen LogP contribution in [-0.2, 0) is 13.1 Å². The zero-order chi connectivity index (χ0) is 12.6. The fraction of sp³-hybridized carbons (Fsp3) is 0.846. The third-order valence-electron chi connectivity index (χ3n) is 3.82. The van der Waals surface area contributed by atoms with Gasteiger partial charge in [-0.2, -0.15) is 0 Å². The highest BCUT2D eigenvalue weighted by atomic mass is 15.3. The molecule has 1 aromatic rings. The number of nitrogens with zero attached hydrogens (tertiary/aromatic N) is 4. The monoisotopic (exact) mass is 249 g/mol. The van der Waals surface area contributed by atoms with Crippen LogP contribution in [0.5, 0.6) is 0 Å². The van der Waals surface area contributed by atoms with E-state index >= 15 is 0 Å². The molecule has 0 unspecified atom stereocenters. The standard InChI is InChI=1S/C13H23N5/c1-13(2,8-14-11-3-4-11)9-17-5-6-18-10-15-16-12(18)7-17/h10-11,14H,3-9H2,1-2H3. The summed E-state index contributed by atoms with van der Waals surface area (Å²) in [5.41, 5.74) is 0.324. The number of nitrogens with one attached hydrogen (secondary N) is 1. The van der Waals surface area contributed by atoms with E-state index in [0.29, 0.717) is 5.41 Å². The Bertz CT molecular complexity index is 407. The first-order valence-electron chi connectivity index (χ1n) is 6.95. The minimum absolute atomic E-state index is 0.324. The molecule has 2 aliphatic rings. The predicted octanol–water partition coefficient (Wildman–Crippen LogP) is 0.872. The number of hydrogen-bond donors (Lipinski definition) is 1. The van der Waals surface area contributed by atoms with Gasteiger partial charge in [0.1, 0.15) is 12.2 Å². The lowest BCUT2D eigenvalue weighted by Gasteiger charge is -2.35. The molecule has 18 heavy (non-hydrogen) atoms. The second-order valence-electron chi connectivity index (χ2n) is 6.47. The molecule has 3 rings (SSSR count). The Balaban J connectivity index is 1.52. The highest BCUT2D eigenvalue weighted by Crippen LogP contribution is 2.23. The Morgan fingerprint density at radius 2 is 2.22 bits per heavy atom. The largest absolute Gasteiger partial charge is 0.315 e. The molecule has 0 spiro atoms. The van der Waals surface area contributed by atoms with Crippen molar-refractivity contribution in [2.45, 2.75) is 45.8 Å². The van der Waals surface area contributed by atoms with Crippen molar-refractivity contribution in [1.29, 1.82) is 0 Å². The van der Waals surface area contributed by atoms with Gasteiger partial charge in [0.25, 0.3) is 0 Å². The van der Waals surface area contributed by atoms with Crippen molar-refractivity contribution in [2.24, 2.45) is 5.41 Å². The van der Waals surface area contributed by atoms with Crippen molar-refractivity contribution in [3.63, 3.8) is 0 Å². The Hall–Kier alpha value is -0.940. The summed E-state index contributed by atoms with van der Waals surface area (Å²) in [5, 5.41) is 11.8. The summed E-state index contributed by atoms with van der Waals surface area (Å²) in [5.74, 6) is 1.10. The first-order chi connectivity index (χ1) is 8.62. The highest BCUT2D eigenvalue weighted by molar-refractivity contribution is 4.92. The Morgan fingerprint density at radius 1 is 1.39 bits per heavy atom. The Morgan fingerprint density at radius 3 is 3.00 bits per heavy atom. The third-order valence-corrected chi connectivity index (χ3v) is 3.82. The van der Waals surface area contributed by atoms with Crippen LogP contribution in [0.25, 0.3) is 0 Å². The molecular formula is C13H23N5. The smallest absolute Gasteiger partial charge is 0.147 e. The molecule has 1 fully saturated rings. The number of aromatic nitrogens is 3. The van der Waals surface area contributed by atoms with Crippen LogP contribution in [0.4, 0.5) is 0 Å². The zero-order valence-corrected chi connectivity index (χ0v) is 11.4. The van der Waals surface area contributed by atoms with E-state index in [1.54, 1.807) is 0 Å². The number of fused-ring (bicyclic) bond motifs is 1. The van der Waals surface area contributed by atoms with Gasteiger partial charge >= 0.3 is 0 Å². The molecule has 0 radical (unpaired) electrons. The molecule has 2 heterocycles. The molecule has 1 aliphatic carbocycles. The van der Waals surface area contributed by atoms with Crippen LogP contribution in [0, 0.1) is 5.41 Å². The molecule has 0 amide bonds. The van der Waals surface area contributed by atoms with Crippen LogP contribution in [0.1, 0.15) is 32.5 Å². The lowest BCUT2D eigenvalue weighted by atomic mass is 9.92. The van der Waals surface area contributed by atoms with Gasteiger partial charge in [0.05, 0.1) is 6.54 Å². The molecule has 0 aromatic carbocycles. The summed E-state index contributed by atoms with van der Waals surface area (Å²) in [6, 6.07) is 0.800. The Kier molecular flexibility index (Phi) is 3.11. The van der Waals surface area contributed by atoms with E-state index in [-0.39, 0.29) is 0 Å². The highest BCUT2D eigenvalue weighted by Gasteiger charge is 2.28. The molecule has 0 saturated heterocycles. The summed E-state index contributed by atoms with van der Waals surface area (Å²) in [4.78, 5) is 2.50. The van der Waals surface area contributed by atoms with Crippen LogP contribution in [-0.4, -0.2) is 45.3 Å². The van der Waals surface area contributed by atoms with E-state index < -0.39 is 0 Å². The summed E-state index contributed by atoms with van der Waals surface area (Å²) in [6.45, 7) is 10.0. The van der Waals surface area contributed by atoms with Gasteiger partial charge in [-0.3, -0.25) is 4.90 Å². The van der Waals surface area contributed by atoms with Crippen LogP contribution in [0.3, 0.4) is 0 Å². The second kappa shape index (κ2) is 4.63. The van der Waals surface area contributed by atoms with E-state index in [4.69, 9.17) is 0 Å². The maximum absolute atomic E-state index is 4.18. The van der Waals surface area contributed by atoms with Crippen molar-refractivity contribution in [3.05, 3.63) is 12.2 Å². The maximum atomic E-state index is 4.18. The maximum Gasteiger partial charge on any atom is 0.147 e. The normalized spacial score (nSPS) is 21.0. The molecule has 1 aliphatic heterocycles. The Labute approximate surface area is 109 Å². The predicted molar refractivity (Wildman–Crippen MR) is 70.1 cm³/mol. The number of rotatable bonds is 5. The molecule has 1 saturated carbocycles. The van der Waals surface area contributed by atoms with Crippen molar-refractivity contribution < 1.29 is 0 Å². The fourth-order valence-electron chi connectivity index (χ4n) is 2.62. The average molecular weight is 249 g/mol. The van der Waals surface area contributed by atoms with Gasteiger partial charge < -0.3 is 9.88 Å². The lowest BCUT2D eigenvalue weighted by Crippen LogP contribution is -2.44. The minimum atomic E-state index is 0.324. The average Bonchev–Trinajstić information content (AvgIpc) is 3.04. The van der Waals surface area contributed by atoms with Crippen molar-refractivity contribution >= 4 is 0 Å². The van der Waals surface area contributed by atoms with Gasteiger partial charge in [0.2, 0.25) is 0 Å². The molecule has 5 heteroatoms. The quantitative estimate of drug-likeness (QED) is 0.841. The SMILES string of the molecule is CC(C)(CNC1CC1)CN1CCn2cnnc2C1. The van der Waals surface area contributed by atoms with E-state index in [1.165, 1.54) is 12.8 Å². The fourth-order valence-corrected chi connectivity index (χ4v) is 2.62. The molecule has 5 nitrogen and oxygen atoms in total. The first-order valence-corrected chi connectivity index (χ1v) is 6.95. The summed E-state index contributed by atoms with van der Waals surface area (Å²) in [7, 11) is 0. The molecule has 1 aromatic heterocycles. The molecule has 100 valence electrons. The van der Waals surface area contributed by atoms with Gasteiger partial charge in [0, 0.05) is 32.2 Å². The third kappa shape index (κ3) is 2.90. The van der Waals surface area contributed by atoms with E-state index in [1.807, 2.05) is 6.33 Å². The lowest BCUT2D eigenvalue weighted by molar-refractivity contribution is 0.142. The summed E-state index contributed by atoms with van der Waals surface area (Å²) < 4.78 is 2.16.